The van der Waals surface area contributed by atoms with Crippen LogP contribution in [0.1, 0.15) is 72.6 Å². The molecular weight excluding hydrogens is 537 g/mol. The minimum absolute atomic E-state index is 0. The van der Waals surface area contributed by atoms with Crippen molar-refractivity contribution in [1.29, 1.82) is 0 Å². The zero-order chi connectivity index (χ0) is 26.4. The maximum atomic E-state index is 15.4. The van der Waals surface area contributed by atoms with E-state index in [1.54, 1.807) is 18.2 Å². The molecule has 1 aromatic heterocycles. The predicted octanol–water partition coefficient (Wildman–Crippen LogP) is 5.92. The third kappa shape index (κ3) is 8.35. The van der Waals surface area contributed by atoms with Gasteiger partial charge in [-0.2, -0.15) is 0 Å². The summed E-state index contributed by atoms with van der Waals surface area (Å²) in [6.07, 6.45) is 2.85. The molecule has 0 radical (unpaired) electrons. The number of rotatable bonds is 11. The van der Waals surface area contributed by atoms with E-state index >= 15 is 4.39 Å². The first-order valence-electron chi connectivity index (χ1n) is 11.5. The van der Waals surface area contributed by atoms with Gasteiger partial charge in [0.05, 0.1) is 11.8 Å². The number of unbranched alkanes of at least 4 members (excludes halogenated alkanes) is 1. The molecule has 0 saturated carbocycles. The van der Waals surface area contributed by atoms with Crippen molar-refractivity contribution in [2.45, 2.75) is 46.1 Å². The molecule has 2 aromatic carbocycles. The van der Waals surface area contributed by atoms with Crippen LogP contribution in [0.4, 0.5) is 13.2 Å². The fourth-order valence-corrected chi connectivity index (χ4v) is 4.33. The van der Waals surface area contributed by atoms with Crippen molar-refractivity contribution >= 4 is 88.3 Å². The number of carbonyl (C=O) groups excluding carboxylic acids is 1. The fourth-order valence-electron chi connectivity index (χ4n) is 3.55. The van der Waals surface area contributed by atoms with E-state index in [1.165, 1.54) is 12.3 Å². The Morgan fingerprint density at radius 3 is 2.37 bits per heavy atom. The van der Waals surface area contributed by atoms with Crippen LogP contribution in [0.2, 0.25) is 0 Å². The molecule has 38 heavy (non-hydrogen) atoms. The van der Waals surface area contributed by atoms with Crippen molar-refractivity contribution in [2.75, 3.05) is 6.61 Å². The summed E-state index contributed by atoms with van der Waals surface area (Å²) in [6.45, 7) is 5.67. The van der Waals surface area contributed by atoms with E-state index < -0.39 is 40.9 Å². The number of hydrogen-bond acceptors (Lipinski definition) is 5. The molecule has 1 N–H and O–H groups in total. The van der Waals surface area contributed by atoms with Gasteiger partial charge in [-0.25, -0.2) is 22.9 Å². The van der Waals surface area contributed by atoms with Gasteiger partial charge < -0.3 is 9.84 Å². The Bertz CT molecular complexity index is 1290. The summed E-state index contributed by atoms with van der Waals surface area (Å²) in [5.41, 5.74) is -0.290. The van der Waals surface area contributed by atoms with E-state index in [4.69, 9.17) is 9.84 Å². The van der Waals surface area contributed by atoms with Gasteiger partial charge in [-0.3, -0.25) is 4.79 Å². The van der Waals surface area contributed by atoms with Crippen molar-refractivity contribution in [2.24, 2.45) is 0 Å². The molecule has 5 nitrogen and oxygen atoms in total. The Labute approximate surface area is 268 Å². The molecule has 3 rings (SSSR count). The van der Waals surface area contributed by atoms with Gasteiger partial charge in [0, 0.05) is 39.8 Å². The van der Waals surface area contributed by atoms with E-state index in [-0.39, 0.29) is 86.5 Å². The summed E-state index contributed by atoms with van der Waals surface area (Å²) in [5, 5.41) is 10.4. The normalized spacial score (nSPS) is 11.9. The maximum absolute atomic E-state index is 15.4. The molecule has 1 atom stereocenters. The number of nitrogens with zero attached hydrogens (tertiary/aromatic N) is 1. The Morgan fingerprint density at radius 2 is 1.79 bits per heavy atom. The van der Waals surface area contributed by atoms with Gasteiger partial charge in [0.15, 0.2) is 5.01 Å². The van der Waals surface area contributed by atoms with E-state index in [0.717, 1.165) is 42.4 Å². The molecule has 0 bridgehead atoms. The van der Waals surface area contributed by atoms with Gasteiger partial charge in [0.25, 0.3) is 0 Å². The number of aliphatic carboxylic acids is 1. The number of ether oxygens (including phenoxy) is 1. The van der Waals surface area contributed by atoms with Crippen molar-refractivity contribution in [1.82, 2.24) is 4.98 Å². The van der Waals surface area contributed by atoms with Crippen LogP contribution in [0, 0.1) is 17.5 Å². The topological polar surface area (TPSA) is 76.5 Å². The molecule has 1 unspecified atom stereocenters. The van der Waals surface area contributed by atoms with E-state index in [2.05, 4.69) is 4.98 Å². The average molecular weight is 566 g/mol. The molecule has 3 aromatic rings. The number of carboxylic acid groups (broad SMARTS) is 1. The van der Waals surface area contributed by atoms with Gasteiger partial charge in [0.1, 0.15) is 17.5 Å². The van der Waals surface area contributed by atoms with Crippen LogP contribution in [-0.2, 0) is 9.53 Å². The van der Waals surface area contributed by atoms with Crippen LogP contribution in [-0.4, -0.2) is 87.6 Å². The number of hydrogen-bond donors (Lipinski definition) is 1. The standard InChI is InChI=1S/C27H26F3NO4S.2Na.2H/c1-4-6-10-35-23(5-2)18-9-7-8-17(24(18)30)22-14-36-26(31-22)25(32)16-12-20(28)19(21(29)13-16)11-15(3)27(33)34;;;;/h7-9,11-14,23H,4-6,10H2,1-3H3,(H,33,34);;;;/b15-11+;;;;. The molecule has 0 saturated heterocycles. The molecule has 1 heterocycles. The second-order valence-corrected chi connectivity index (χ2v) is 9.04. The monoisotopic (exact) mass is 565 g/mol. The van der Waals surface area contributed by atoms with Crippen molar-refractivity contribution in [3.63, 3.8) is 0 Å². The number of aromatic nitrogens is 1. The average Bonchev–Trinajstić information content (AvgIpc) is 3.34. The predicted molar refractivity (Wildman–Crippen MR) is 147 cm³/mol. The van der Waals surface area contributed by atoms with Gasteiger partial charge in [-0.15, -0.1) is 11.3 Å². The Balaban J connectivity index is 0.00000361. The first-order valence-corrected chi connectivity index (χ1v) is 12.4. The van der Waals surface area contributed by atoms with Crippen LogP contribution in [0.3, 0.4) is 0 Å². The molecule has 0 aliphatic rings. The van der Waals surface area contributed by atoms with Crippen LogP contribution in [0.25, 0.3) is 17.3 Å². The summed E-state index contributed by atoms with van der Waals surface area (Å²) in [5.74, 6) is -4.71. The zero-order valence-corrected chi connectivity index (χ0v) is 20.9. The number of ketones is 1. The SMILES string of the molecule is CCCCOC(CC)c1cccc(-c2csc(C(=O)c3cc(F)c(/C=C(\C)C(=O)O)c(F)c3)n2)c1F.[NaH].[NaH]. The van der Waals surface area contributed by atoms with Gasteiger partial charge >= 0.3 is 65.1 Å². The fraction of sp³-hybridized carbons (Fsp3) is 0.296. The minimum atomic E-state index is -1.32. The molecule has 0 aliphatic heterocycles. The van der Waals surface area contributed by atoms with Crippen LogP contribution < -0.4 is 0 Å². The summed E-state index contributed by atoms with van der Waals surface area (Å²) < 4.78 is 50.2. The first kappa shape index (κ1) is 34.7. The number of halogens is 3. The second-order valence-electron chi connectivity index (χ2n) is 8.18. The molecule has 0 spiro atoms. The third-order valence-corrected chi connectivity index (χ3v) is 6.42. The van der Waals surface area contributed by atoms with E-state index in [1.807, 2.05) is 13.8 Å². The van der Waals surface area contributed by atoms with E-state index in [9.17, 15) is 18.4 Å². The second kappa shape index (κ2) is 16.1. The zero-order valence-electron chi connectivity index (χ0n) is 20.1. The number of thiazole rings is 1. The van der Waals surface area contributed by atoms with Crippen LogP contribution >= 0.6 is 11.3 Å². The summed E-state index contributed by atoms with van der Waals surface area (Å²) in [4.78, 5) is 28.1. The van der Waals surface area contributed by atoms with Gasteiger partial charge in [-0.05, 0) is 44.0 Å². The third-order valence-electron chi connectivity index (χ3n) is 5.58. The Kier molecular flexibility index (Phi) is 14.7. The quantitative estimate of drug-likeness (QED) is 0.135. The number of carboxylic acids is 1. The van der Waals surface area contributed by atoms with Gasteiger partial charge in [0.2, 0.25) is 5.78 Å². The summed E-state index contributed by atoms with van der Waals surface area (Å²) >= 11 is 0.930. The van der Waals surface area contributed by atoms with Gasteiger partial charge in [-0.1, -0.05) is 32.4 Å². The molecular formula is C27H28F3NNa2O4S. The Morgan fingerprint density at radius 1 is 1.13 bits per heavy atom. The first-order chi connectivity index (χ1) is 17.2. The van der Waals surface area contributed by atoms with Crippen LogP contribution in [0.5, 0.6) is 0 Å². The molecule has 194 valence electrons. The summed E-state index contributed by atoms with van der Waals surface area (Å²) in [7, 11) is 0. The molecule has 0 aliphatic carbocycles. The molecule has 11 heteroatoms. The van der Waals surface area contributed by atoms with Crippen LogP contribution in [0.15, 0.2) is 41.3 Å². The van der Waals surface area contributed by atoms with E-state index in [0.29, 0.717) is 18.6 Å². The Hall–Kier alpha value is -1.30. The van der Waals surface area contributed by atoms with Crippen molar-refractivity contribution in [3.05, 3.63) is 80.4 Å². The number of benzene rings is 2. The summed E-state index contributed by atoms with van der Waals surface area (Å²) in [6, 6.07) is 6.55. The van der Waals surface area contributed by atoms with Crippen molar-refractivity contribution < 1.29 is 32.6 Å². The number of carbonyl (C=O) groups is 2. The molecule has 0 fully saturated rings. The van der Waals surface area contributed by atoms with Crippen molar-refractivity contribution in [3.8, 4) is 11.3 Å². The molecule has 0 amide bonds.